The minimum atomic E-state index is -0.408. The molecule has 2 aromatic rings. The van der Waals surface area contributed by atoms with Crippen LogP contribution in [0.4, 0.5) is 0 Å². The van der Waals surface area contributed by atoms with Crippen LogP contribution in [0.15, 0.2) is 47.8 Å². The molecule has 0 atom stereocenters. The van der Waals surface area contributed by atoms with E-state index in [1.165, 1.54) is 4.90 Å². The van der Waals surface area contributed by atoms with Crippen LogP contribution in [0.2, 0.25) is 0 Å². The van der Waals surface area contributed by atoms with Crippen LogP contribution in [0.1, 0.15) is 43.6 Å². The van der Waals surface area contributed by atoms with Crippen molar-refractivity contribution >= 4 is 29.1 Å². The second-order valence-electron chi connectivity index (χ2n) is 7.49. The summed E-state index contributed by atoms with van der Waals surface area (Å²) in [6.45, 7) is 6.33. The van der Waals surface area contributed by atoms with E-state index in [1.807, 2.05) is 54.8 Å². The summed E-state index contributed by atoms with van der Waals surface area (Å²) in [5, 5.41) is 1.99. The van der Waals surface area contributed by atoms with Crippen LogP contribution in [0.25, 0.3) is 0 Å². The summed E-state index contributed by atoms with van der Waals surface area (Å²) in [4.78, 5) is 42.3. The Balaban J connectivity index is 2.08. The number of rotatable bonds is 15. The minimum Gasteiger partial charge on any atom is -0.466 e. The highest BCUT2D eigenvalue weighted by Crippen LogP contribution is 2.15. The molecule has 1 aromatic heterocycles. The Morgan fingerprint density at radius 3 is 2.33 bits per heavy atom. The van der Waals surface area contributed by atoms with Gasteiger partial charge in [0.25, 0.3) is 0 Å². The maximum absolute atomic E-state index is 13.3. The monoisotopic (exact) mass is 474 g/mol. The molecule has 180 valence electrons. The number of esters is 1. The first-order valence-electron chi connectivity index (χ1n) is 11.4. The number of benzene rings is 1. The molecule has 33 heavy (non-hydrogen) atoms. The van der Waals surface area contributed by atoms with Crippen LogP contribution < -0.4 is 0 Å². The Labute approximate surface area is 200 Å². The van der Waals surface area contributed by atoms with Crippen LogP contribution in [-0.4, -0.2) is 60.5 Å². The molecular formula is C25H34N2O5S. The molecule has 2 rings (SSSR count). The van der Waals surface area contributed by atoms with Crippen molar-refractivity contribution in [2.24, 2.45) is 0 Å². The molecular weight excluding hydrogens is 440 g/mol. The van der Waals surface area contributed by atoms with Crippen LogP contribution >= 0.6 is 11.3 Å². The maximum atomic E-state index is 13.3. The SMILES string of the molecule is CCOCCCN(CC(=O)N(Cc1ccccc1)Cc1cccs1)C(=O)CCC(=O)OCC. The van der Waals surface area contributed by atoms with Crippen molar-refractivity contribution in [1.29, 1.82) is 0 Å². The Hall–Kier alpha value is -2.71. The van der Waals surface area contributed by atoms with Crippen LogP contribution in [0, 0.1) is 0 Å². The maximum Gasteiger partial charge on any atom is 0.306 e. The third-order valence-electron chi connectivity index (χ3n) is 4.94. The molecule has 0 radical (unpaired) electrons. The van der Waals surface area contributed by atoms with Gasteiger partial charge in [-0.05, 0) is 37.3 Å². The van der Waals surface area contributed by atoms with E-state index in [1.54, 1.807) is 23.2 Å². The van der Waals surface area contributed by atoms with Gasteiger partial charge in [0.1, 0.15) is 0 Å². The van der Waals surface area contributed by atoms with E-state index in [4.69, 9.17) is 9.47 Å². The lowest BCUT2D eigenvalue weighted by molar-refractivity contribution is -0.146. The molecule has 0 spiro atoms. The van der Waals surface area contributed by atoms with Gasteiger partial charge in [0.2, 0.25) is 11.8 Å². The van der Waals surface area contributed by atoms with E-state index < -0.39 is 5.97 Å². The number of amides is 2. The fourth-order valence-electron chi connectivity index (χ4n) is 3.28. The number of thiophene rings is 1. The molecule has 0 unspecified atom stereocenters. The van der Waals surface area contributed by atoms with Gasteiger partial charge in [0, 0.05) is 37.6 Å². The zero-order chi connectivity index (χ0) is 23.9. The summed E-state index contributed by atoms with van der Waals surface area (Å²) in [6.07, 6.45) is 0.645. The number of carbonyl (C=O) groups is 3. The van der Waals surface area contributed by atoms with Gasteiger partial charge in [0.15, 0.2) is 0 Å². The van der Waals surface area contributed by atoms with Gasteiger partial charge in [-0.25, -0.2) is 0 Å². The summed E-state index contributed by atoms with van der Waals surface area (Å²) >= 11 is 1.60. The number of carbonyl (C=O) groups excluding carboxylic acids is 3. The average molecular weight is 475 g/mol. The second-order valence-corrected chi connectivity index (χ2v) is 8.52. The third-order valence-corrected chi connectivity index (χ3v) is 5.80. The fraction of sp³-hybridized carbons (Fsp3) is 0.480. The van der Waals surface area contributed by atoms with Crippen LogP contribution in [0.5, 0.6) is 0 Å². The molecule has 8 heteroatoms. The highest BCUT2D eigenvalue weighted by atomic mass is 32.1. The van der Waals surface area contributed by atoms with Gasteiger partial charge < -0.3 is 19.3 Å². The lowest BCUT2D eigenvalue weighted by Crippen LogP contribution is -2.43. The van der Waals surface area contributed by atoms with Gasteiger partial charge in [-0.1, -0.05) is 36.4 Å². The van der Waals surface area contributed by atoms with Crippen molar-refractivity contribution in [3.63, 3.8) is 0 Å². The Morgan fingerprint density at radius 2 is 1.67 bits per heavy atom. The van der Waals surface area contributed by atoms with E-state index in [9.17, 15) is 14.4 Å². The molecule has 0 bridgehead atoms. The Bertz CT molecular complexity index is 842. The molecule has 0 saturated heterocycles. The smallest absolute Gasteiger partial charge is 0.306 e. The Kier molecular flexibility index (Phi) is 12.2. The molecule has 1 aromatic carbocycles. The van der Waals surface area contributed by atoms with Crippen molar-refractivity contribution in [1.82, 2.24) is 9.80 Å². The van der Waals surface area contributed by atoms with E-state index in [0.29, 0.717) is 39.3 Å². The number of hydrogen-bond acceptors (Lipinski definition) is 6. The predicted octanol–water partition coefficient (Wildman–Crippen LogP) is 3.88. The quantitative estimate of drug-likeness (QED) is 0.289. The topological polar surface area (TPSA) is 76.2 Å². The predicted molar refractivity (Wildman–Crippen MR) is 129 cm³/mol. The molecule has 0 saturated carbocycles. The average Bonchev–Trinajstić information content (AvgIpc) is 3.33. The summed E-state index contributed by atoms with van der Waals surface area (Å²) in [5.41, 5.74) is 1.03. The summed E-state index contributed by atoms with van der Waals surface area (Å²) in [6, 6.07) is 13.8. The number of ether oxygens (including phenoxy) is 2. The normalized spacial score (nSPS) is 10.6. The van der Waals surface area contributed by atoms with Gasteiger partial charge in [0.05, 0.1) is 26.1 Å². The van der Waals surface area contributed by atoms with Gasteiger partial charge in [-0.3, -0.25) is 14.4 Å². The van der Waals surface area contributed by atoms with Gasteiger partial charge in [-0.15, -0.1) is 11.3 Å². The number of hydrogen-bond donors (Lipinski definition) is 0. The molecule has 7 nitrogen and oxygen atoms in total. The molecule has 0 aliphatic rings. The molecule has 0 aliphatic heterocycles. The zero-order valence-electron chi connectivity index (χ0n) is 19.5. The van der Waals surface area contributed by atoms with Crippen LogP contribution in [-0.2, 0) is 36.9 Å². The fourth-order valence-corrected chi connectivity index (χ4v) is 4.00. The third kappa shape index (κ3) is 10.2. The minimum absolute atomic E-state index is 0.00570. The first-order valence-corrected chi connectivity index (χ1v) is 12.3. The first-order chi connectivity index (χ1) is 16.0. The van der Waals surface area contributed by atoms with E-state index in [0.717, 1.165) is 10.4 Å². The lowest BCUT2D eigenvalue weighted by Gasteiger charge is -2.28. The van der Waals surface area contributed by atoms with Crippen molar-refractivity contribution < 1.29 is 23.9 Å². The Morgan fingerprint density at radius 1 is 0.879 bits per heavy atom. The lowest BCUT2D eigenvalue weighted by atomic mass is 10.2. The molecule has 0 fully saturated rings. The first kappa shape index (κ1) is 26.5. The second kappa shape index (κ2) is 15.2. The highest BCUT2D eigenvalue weighted by Gasteiger charge is 2.22. The van der Waals surface area contributed by atoms with Crippen molar-refractivity contribution in [2.75, 3.05) is 32.9 Å². The zero-order valence-corrected chi connectivity index (χ0v) is 20.4. The van der Waals surface area contributed by atoms with Crippen molar-refractivity contribution in [3.8, 4) is 0 Å². The highest BCUT2D eigenvalue weighted by molar-refractivity contribution is 7.09. The van der Waals surface area contributed by atoms with Crippen LogP contribution in [0.3, 0.4) is 0 Å². The largest absolute Gasteiger partial charge is 0.466 e. The molecule has 1 heterocycles. The van der Waals surface area contributed by atoms with Crippen molar-refractivity contribution in [3.05, 3.63) is 58.3 Å². The molecule has 2 amide bonds. The van der Waals surface area contributed by atoms with E-state index >= 15 is 0 Å². The molecule has 0 aliphatic carbocycles. The summed E-state index contributed by atoms with van der Waals surface area (Å²) < 4.78 is 10.3. The van der Waals surface area contributed by atoms with E-state index in [-0.39, 0.29) is 37.8 Å². The summed E-state index contributed by atoms with van der Waals surface area (Å²) in [7, 11) is 0. The van der Waals surface area contributed by atoms with Gasteiger partial charge >= 0.3 is 5.97 Å². The van der Waals surface area contributed by atoms with Gasteiger partial charge in [-0.2, -0.15) is 0 Å². The van der Waals surface area contributed by atoms with Crippen molar-refractivity contribution in [2.45, 2.75) is 46.2 Å². The number of nitrogens with zero attached hydrogens (tertiary/aromatic N) is 2. The van der Waals surface area contributed by atoms with E-state index in [2.05, 4.69) is 0 Å². The molecule has 0 N–H and O–H groups in total. The summed E-state index contributed by atoms with van der Waals surface area (Å²) in [5.74, 6) is -0.772. The standard InChI is InChI=1S/C25H34N2O5S/c1-3-31-16-9-15-26(23(28)13-14-25(30)32-4-2)20-24(29)27(19-22-12-8-17-33-22)18-21-10-6-5-7-11-21/h5-8,10-12,17H,3-4,9,13-16,18-20H2,1-2H3.